The molecule has 0 radical (unpaired) electrons. The van der Waals surface area contributed by atoms with E-state index in [-0.39, 0.29) is 12.5 Å². The largest absolute Gasteiger partial charge is 0.484 e. The van der Waals surface area contributed by atoms with Gasteiger partial charge in [-0.2, -0.15) is 0 Å². The third kappa shape index (κ3) is 4.16. The molecule has 1 aromatic heterocycles. The second-order valence-corrected chi connectivity index (χ2v) is 7.77. The Labute approximate surface area is 171 Å². The highest BCUT2D eigenvalue weighted by molar-refractivity contribution is 7.21. The molecule has 4 rings (SSSR count). The summed E-state index contributed by atoms with van der Waals surface area (Å²) in [5.74, 6) is 0.392. The van der Waals surface area contributed by atoms with Gasteiger partial charge in [-0.05, 0) is 55.0 Å². The van der Waals surface area contributed by atoms with Gasteiger partial charge >= 0.3 is 0 Å². The number of benzene rings is 3. The maximum absolute atomic E-state index is 12.2. The van der Waals surface area contributed by atoms with Gasteiger partial charge < -0.3 is 10.1 Å². The molecule has 140 valence electrons. The van der Waals surface area contributed by atoms with E-state index in [2.05, 4.69) is 10.3 Å². The number of para-hydroxylation sites is 1. The first-order valence-electron chi connectivity index (χ1n) is 8.73. The van der Waals surface area contributed by atoms with Crippen molar-refractivity contribution in [1.82, 2.24) is 4.98 Å². The first-order chi connectivity index (χ1) is 13.6. The van der Waals surface area contributed by atoms with Gasteiger partial charge in [-0.25, -0.2) is 4.98 Å². The van der Waals surface area contributed by atoms with Gasteiger partial charge in [0.1, 0.15) is 10.8 Å². The smallest absolute Gasteiger partial charge is 0.262 e. The monoisotopic (exact) mass is 408 g/mol. The number of hydrogen-bond acceptors (Lipinski definition) is 4. The molecule has 0 saturated heterocycles. The summed E-state index contributed by atoms with van der Waals surface area (Å²) < 4.78 is 6.65. The van der Waals surface area contributed by atoms with Crippen molar-refractivity contribution >= 4 is 44.7 Å². The number of carbonyl (C=O) groups is 1. The Morgan fingerprint density at radius 3 is 2.75 bits per heavy atom. The van der Waals surface area contributed by atoms with E-state index in [1.165, 1.54) is 0 Å². The highest BCUT2D eigenvalue weighted by atomic mass is 35.5. The molecule has 0 saturated carbocycles. The minimum absolute atomic E-state index is 0.0839. The number of aromatic nitrogens is 1. The Kier molecular flexibility index (Phi) is 5.28. The van der Waals surface area contributed by atoms with E-state index < -0.39 is 0 Å². The molecule has 0 unspecified atom stereocenters. The Balaban J connectivity index is 1.44. The molecule has 0 aliphatic rings. The lowest BCUT2D eigenvalue weighted by molar-refractivity contribution is -0.118. The van der Waals surface area contributed by atoms with Gasteiger partial charge in [0.05, 0.1) is 20.9 Å². The van der Waals surface area contributed by atoms with Crippen molar-refractivity contribution in [2.75, 3.05) is 11.9 Å². The summed E-state index contributed by atoms with van der Waals surface area (Å²) in [5, 5.41) is 4.14. The summed E-state index contributed by atoms with van der Waals surface area (Å²) in [6, 6.07) is 21.1. The molecule has 6 heteroatoms. The maximum atomic E-state index is 12.2. The number of amides is 1. The van der Waals surface area contributed by atoms with E-state index in [0.717, 1.165) is 26.4 Å². The molecule has 4 nitrogen and oxygen atoms in total. The van der Waals surface area contributed by atoms with Crippen molar-refractivity contribution < 1.29 is 9.53 Å². The minimum Gasteiger partial charge on any atom is -0.484 e. The van der Waals surface area contributed by atoms with Crippen molar-refractivity contribution in [1.29, 1.82) is 0 Å². The molecule has 28 heavy (non-hydrogen) atoms. The van der Waals surface area contributed by atoms with Crippen LogP contribution in [0, 0.1) is 6.92 Å². The molecular formula is C22H17ClN2O2S. The molecule has 1 heterocycles. The topological polar surface area (TPSA) is 51.2 Å². The van der Waals surface area contributed by atoms with Crippen molar-refractivity contribution in [3.8, 4) is 16.3 Å². The summed E-state index contributed by atoms with van der Waals surface area (Å²) in [4.78, 5) is 16.8. The lowest BCUT2D eigenvalue weighted by Gasteiger charge is -2.10. The van der Waals surface area contributed by atoms with E-state index in [0.29, 0.717) is 16.5 Å². The molecule has 0 aliphatic heterocycles. The summed E-state index contributed by atoms with van der Waals surface area (Å²) in [7, 11) is 0. The minimum atomic E-state index is -0.267. The molecule has 0 bridgehead atoms. The van der Waals surface area contributed by atoms with Crippen LogP contribution in [0.2, 0.25) is 5.02 Å². The van der Waals surface area contributed by atoms with Crippen LogP contribution in [0.25, 0.3) is 20.8 Å². The molecule has 3 aromatic carbocycles. The zero-order chi connectivity index (χ0) is 19.5. The molecule has 4 aromatic rings. The molecule has 0 atom stereocenters. The van der Waals surface area contributed by atoms with Gasteiger partial charge in [0.25, 0.3) is 5.91 Å². The van der Waals surface area contributed by atoms with Gasteiger partial charge in [-0.15, -0.1) is 11.3 Å². The van der Waals surface area contributed by atoms with Crippen LogP contribution in [-0.2, 0) is 4.79 Å². The Bertz CT molecular complexity index is 1120. The summed E-state index contributed by atoms with van der Waals surface area (Å²) >= 11 is 7.99. The van der Waals surface area contributed by atoms with Crippen LogP contribution in [0.4, 0.5) is 5.69 Å². The van der Waals surface area contributed by atoms with Gasteiger partial charge in [0.15, 0.2) is 6.61 Å². The molecular weight excluding hydrogens is 392 g/mol. The second-order valence-electron chi connectivity index (χ2n) is 6.33. The number of anilines is 1. The van der Waals surface area contributed by atoms with Crippen LogP contribution in [-0.4, -0.2) is 17.5 Å². The first-order valence-corrected chi connectivity index (χ1v) is 9.93. The number of hydrogen-bond donors (Lipinski definition) is 1. The maximum Gasteiger partial charge on any atom is 0.262 e. The summed E-state index contributed by atoms with van der Waals surface area (Å²) in [5.41, 5.74) is 3.50. The first kappa shape index (κ1) is 18.5. The van der Waals surface area contributed by atoms with Gasteiger partial charge in [0.2, 0.25) is 0 Å². The van der Waals surface area contributed by atoms with E-state index in [9.17, 15) is 4.79 Å². The van der Waals surface area contributed by atoms with Crippen molar-refractivity contribution in [3.05, 3.63) is 77.3 Å². The van der Waals surface area contributed by atoms with Crippen LogP contribution in [0.15, 0.2) is 66.7 Å². The number of nitrogens with zero attached hydrogens (tertiary/aromatic N) is 1. The number of nitrogens with one attached hydrogen (secondary N) is 1. The molecule has 1 N–H and O–H groups in total. The second kappa shape index (κ2) is 8.00. The fraction of sp³-hybridized carbons (Fsp3) is 0.0909. The fourth-order valence-electron chi connectivity index (χ4n) is 2.79. The quantitative estimate of drug-likeness (QED) is 0.444. The van der Waals surface area contributed by atoms with E-state index in [1.807, 2.05) is 67.6 Å². The van der Waals surface area contributed by atoms with Gasteiger partial charge in [0, 0.05) is 5.56 Å². The number of rotatable bonds is 5. The van der Waals surface area contributed by atoms with Crippen LogP contribution >= 0.6 is 22.9 Å². The Hall–Kier alpha value is -2.89. The van der Waals surface area contributed by atoms with Gasteiger partial charge in [-0.1, -0.05) is 35.9 Å². The lowest BCUT2D eigenvalue weighted by Crippen LogP contribution is -2.20. The van der Waals surface area contributed by atoms with Crippen molar-refractivity contribution in [2.45, 2.75) is 6.92 Å². The molecule has 1 amide bonds. The van der Waals surface area contributed by atoms with Crippen molar-refractivity contribution in [3.63, 3.8) is 0 Å². The normalized spacial score (nSPS) is 10.8. The highest BCUT2D eigenvalue weighted by Gasteiger charge is 2.11. The predicted octanol–water partition coefficient (Wildman–Crippen LogP) is 5.94. The van der Waals surface area contributed by atoms with E-state index in [1.54, 1.807) is 17.4 Å². The zero-order valence-corrected chi connectivity index (χ0v) is 16.7. The Morgan fingerprint density at radius 1 is 1.11 bits per heavy atom. The molecule has 0 aliphatic carbocycles. The third-order valence-electron chi connectivity index (χ3n) is 4.14. The Morgan fingerprint density at radius 2 is 1.96 bits per heavy atom. The number of aryl methyl sites for hydroxylation is 1. The number of halogens is 1. The van der Waals surface area contributed by atoms with E-state index >= 15 is 0 Å². The van der Waals surface area contributed by atoms with Crippen LogP contribution in [0.5, 0.6) is 5.75 Å². The summed E-state index contributed by atoms with van der Waals surface area (Å²) in [6.45, 7) is 1.89. The number of carbonyl (C=O) groups excluding carboxylic acids is 1. The van der Waals surface area contributed by atoms with Crippen LogP contribution in [0.3, 0.4) is 0 Å². The fourth-order valence-corrected chi connectivity index (χ4v) is 3.98. The van der Waals surface area contributed by atoms with Crippen molar-refractivity contribution in [2.24, 2.45) is 0 Å². The standard InChI is InChI=1S/C22H17ClN2O2S/c1-14-5-4-6-16(11-14)27-13-21(26)24-18-10-9-15(12-17(18)23)22-25-19-7-2-3-8-20(19)28-22/h2-12H,13H2,1H3,(H,24,26). The third-order valence-corrected chi connectivity index (χ3v) is 5.54. The average Bonchev–Trinajstić information content (AvgIpc) is 3.12. The summed E-state index contributed by atoms with van der Waals surface area (Å²) in [6.07, 6.45) is 0. The number of ether oxygens (including phenoxy) is 1. The van der Waals surface area contributed by atoms with Crippen LogP contribution < -0.4 is 10.1 Å². The zero-order valence-electron chi connectivity index (χ0n) is 15.1. The number of fused-ring (bicyclic) bond motifs is 1. The van der Waals surface area contributed by atoms with Crippen LogP contribution in [0.1, 0.15) is 5.56 Å². The average molecular weight is 409 g/mol. The lowest BCUT2D eigenvalue weighted by atomic mass is 10.2. The predicted molar refractivity (Wildman–Crippen MR) is 115 cm³/mol. The molecule has 0 spiro atoms. The van der Waals surface area contributed by atoms with Gasteiger partial charge in [-0.3, -0.25) is 4.79 Å². The number of thiazole rings is 1. The SMILES string of the molecule is Cc1cccc(OCC(=O)Nc2ccc(-c3nc4ccccc4s3)cc2Cl)c1. The highest BCUT2D eigenvalue weighted by Crippen LogP contribution is 2.33. The molecule has 0 fully saturated rings. The van der Waals surface area contributed by atoms with E-state index in [4.69, 9.17) is 16.3 Å².